The normalized spacial score (nSPS) is 14.4. The molecule has 0 atom stereocenters. The van der Waals surface area contributed by atoms with E-state index in [0.29, 0.717) is 0 Å². The summed E-state index contributed by atoms with van der Waals surface area (Å²) in [5, 5.41) is 7.60. The van der Waals surface area contributed by atoms with Gasteiger partial charge in [-0.1, -0.05) is 195 Å². The summed E-state index contributed by atoms with van der Waals surface area (Å²) in [5.74, 6) is 0. The van der Waals surface area contributed by atoms with E-state index in [0.717, 1.165) is 24.0 Å². The third-order valence-electron chi connectivity index (χ3n) is 13.6. The van der Waals surface area contributed by atoms with Gasteiger partial charge in [-0.05, 0) is 153 Å². The number of allylic oxidation sites excluding steroid dienone is 6. The zero-order valence-corrected chi connectivity index (χ0v) is 33.7. The summed E-state index contributed by atoms with van der Waals surface area (Å²) in [6.45, 7) is 6.19. The summed E-state index contributed by atoms with van der Waals surface area (Å²) < 4.78 is 0. The fourth-order valence-electron chi connectivity index (χ4n) is 11.2. The molecule has 282 valence electrons. The molecule has 0 aliphatic heterocycles. The molecule has 3 aliphatic rings. The molecular weight excluding hydrogens is 721 g/mol. The second-order valence-electron chi connectivity index (χ2n) is 16.5. The van der Waals surface area contributed by atoms with Gasteiger partial charge in [-0.3, -0.25) is 0 Å². The largest absolute Gasteiger partial charge is 0.0984 e. The van der Waals surface area contributed by atoms with Crippen LogP contribution < -0.4 is 0 Å². The lowest BCUT2D eigenvalue weighted by Crippen LogP contribution is -2.27. The SMILES string of the molecule is C=C/C(=C\C=C/C)c1cccc(-c2c3ccccc3c(-c3ccc4c5c(ccc4c3)-c3ccc4c(c3C53c5ccccc5-c5ccccc53)C=CCC4)c3ccccc23)c1. The van der Waals surface area contributed by atoms with Crippen LogP contribution in [-0.2, 0) is 11.8 Å². The van der Waals surface area contributed by atoms with Gasteiger partial charge >= 0.3 is 0 Å². The van der Waals surface area contributed by atoms with Crippen molar-refractivity contribution in [2.45, 2.75) is 25.2 Å². The highest BCUT2D eigenvalue weighted by molar-refractivity contribution is 6.22. The van der Waals surface area contributed by atoms with Gasteiger partial charge in [0.1, 0.15) is 0 Å². The summed E-state index contributed by atoms with van der Waals surface area (Å²) in [5.41, 5.74) is 20.7. The molecule has 0 unspecified atom stereocenters. The Bertz CT molecular complexity index is 3300. The molecule has 9 aromatic carbocycles. The first kappa shape index (κ1) is 34.7. The van der Waals surface area contributed by atoms with E-state index >= 15 is 0 Å². The molecule has 1 spiro atoms. The van der Waals surface area contributed by atoms with E-state index < -0.39 is 5.41 Å². The molecule has 60 heavy (non-hydrogen) atoms. The molecule has 9 aromatic rings. The summed E-state index contributed by atoms with van der Waals surface area (Å²) in [6, 6.07) is 62.2. The van der Waals surface area contributed by atoms with E-state index in [4.69, 9.17) is 0 Å². The van der Waals surface area contributed by atoms with Crippen LogP contribution in [0.1, 0.15) is 52.3 Å². The number of hydrogen-bond donors (Lipinski definition) is 0. The number of hydrogen-bond acceptors (Lipinski definition) is 0. The molecule has 0 fully saturated rings. The third-order valence-corrected chi connectivity index (χ3v) is 13.6. The molecule has 0 saturated heterocycles. The second-order valence-corrected chi connectivity index (χ2v) is 16.5. The molecule has 0 heterocycles. The Morgan fingerprint density at radius 2 is 1.17 bits per heavy atom. The van der Waals surface area contributed by atoms with E-state index in [1.165, 1.54) is 110 Å². The lowest BCUT2D eigenvalue weighted by molar-refractivity contribution is 0.793. The van der Waals surface area contributed by atoms with Crippen LogP contribution in [0.2, 0.25) is 0 Å². The first-order valence-electron chi connectivity index (χ1n) is 21.3. The van der Waals surface area contributed by atoms with Gasteiger partial charge in [-0.25, -0.2) is 0 Å². The zero-order valence-electron chi connectivity index (χ0n) is 33.7. The minimum atomic E-state index is -0.422. The van der Waals surface area contributed by atoms with Crippen molar-refractivity contribution in [3.05, 3.63) is 240 Å². The fourth-order valence-corrected chi connectivity index (χ4v) is 11.2. The van der Waals surface area contributed by atoms with Gasteiger partial charge in [0.05, 0.1) is 5.41 Å². The first-order valence-corrected chi connectivity index (χ1v) is 21.3. The van der Waals surface area contributed by atoms with Crippen LogP contribution in [0.15, 0.2) is 201 Å². The minimum absolute atomic E-state index is 0.422. The van der Waals surface area contributed by atoms with Gasteiger partial charge in [-0.15, -0.1) is 0 Å². The fraction of sp³-hybridized carbons (Fsp3) is 0.0667. The Labute approximate surface area is 351 Å². The van der Waals surface area contributed by atoms with Gasteiger partial charge in [-0.2, -0.15) is 0 Å². The maximum atomic E-state index is 4.14. The lowest BCUT2D eigenvalue weighted by Gasteiger charge is -2.33. The van der Waals surface area contributed by atoms with Crippen molar-refractivity contribution in [3.8, 4) is 44.5 Å². The van der Waals surface area contributed by atoms with E-state index in [1.807, 2.05) is 13.0 Å². The third kappa shape index (κ3) is 4.74. The minimum Gasteiger partial charge on any atom is -0.0984 e. The van der Waals surface area contributed by atoms with Gasteiger partial charge in [0.25, 0.3) is 0 Å². The monoisotopic (exact) mass is 762 g/mol. The van der Waals surface area contributed by atoms with E-state index in [9.17, 15) is 0 Å². The van der Waals surface area contributed by atoms with Gasteiger partial charge in [0.2, 0.25) is 0 Å². The summed E-state index contributed by atoms with van der Waals surface area (Å²) in [6.07, 6.45) is 15.2. The van der Waals surface area contributed by atoms with Crippen molar-refractivity contribution < 1.29 is 0 Å². The Kier molecular flexibility index (Phi) is 7.75. The smallest absolute Gasteiger partial charge is 0.0737 e. The van der Waals surface area contributed by atoms with E-state index in [2.05, 4.69) is 201 Å². The van der Waals surface area contributed by atoms with Crippen molar-refractivity contribution in [2.75, 3.05) is 0 Å². The average molecular weight is 763 g/mol. The standard InChI is InChI=1S/C60H42/c1-3-5-17-38(4-2)40-19-16-20-42(36-40)56-48-24-8-10-26-50(48)57(51-27-11-9-25-49(51)56)43-32-33-45-41(37-43)31-35-53-52-34-30-39-18-6-7-21-44(39)58(52)60(59(45)53)54-28-14-12-22-46(54)47-23-13-15-29-55(47)60/h3-5,7-17,19-37H,2,6,18H2,1H3/b5-3-,38-17+. The Hall–Kier alpha value is -7.28. The highest BCUT2D eigenvalue weighted by Crippen LogP contribution is 2.65. The molecule has 0 bridgehead atoms. The van der Waals surface area contributed by atoms with Gasteiger partial charge in [0.15, 0.2) is 0 Å². The molecule has 0 amide bonds. The molecule has 3 aliphatic carbocycles. The van der Waals surface area contributed by atoms with Crippen LogP contribution in [0.4, 0.5) is 0 Å². The highest BCUT2D eigenvalue weighted by atomic mass is 14.5. The predicted molar refractivity (Wildman–Crippen MR) is 256 cm³/mol. The highest BCUT2D eigenvalue weighted by Gasteiger charge is 2.53. The number of fused-ring (bicyclic) bond motifs is 16. The number of rotatable bonds is 5. The quantitative estimate of drug-likeness (QED) is 0.121. The van der Waals surface area contributed by atoms with E-state index in [-0.39, 0.29) is 0 Å². The molecule has 0 heteroatoms. The maximum Gasteiger partial charge on any atom is 0.0737 e. The van der Waals surface area contributed by atoms with Crippen molar-refractivity contribution in [1.82, 2.24) is 0 Å². The van der Waals surface area contributed by atoms with Crippen molar-refractivity contribution >= 4 is 44.0 Å². The molecule has 12 rings (SSSR count). The summed E-state index contributed by atoms with van der Waals surface area (Å²) >= 11 is 0. The molecule has 0 aromatic heterocycles. The molecule has 0 nitrogen and oxygen atoms in total. The molecule has 0 N–H and O–H groups in total. The predicted octanol–water partition coefficient (Wildman–Crippen LogP) is 15.9. The van der Waals surface area contributed by atoms with Crippen molar-refractivity contribution in [2.24, 2.45) is 0 Å². The Balaban J connectivity index is 1.12. The van der Waals surface area contributed by atoms with Crippen LogP contribution in [0, 0.1) is 0 Å². The second kappa shape index (κ2) is 13.4. The maximum absolute atomic E-state index is 4.14. The Morgan fingerprint density at radius 3 is 1.83 bits per heavy atom. The van der Waals surface area contributed by atoms with Gasteiger partial charge in [0, 0.05) is 0 Å². The average Bonchev–Trinajstić information content (AvgIpc) is 3.78. The van der Waals surface area contributed by atoms with Crippen LogP contribution in [0.3, 0.4) is 0 Å². The van der Waals surface area contributed by atoms with Crippen LogP contribution in [-0.4, -0.2) is 0 Å². The zero-order chi connectivity index (χ0) is 40.0. The van der Waals surface area contributed by atoms with E-state index in [1.54, 1.807) is 0 Å². The van der Waals surface area contributed by atoms with Crippen molar-refractivity contribution in [3.63, 3.8) is 0 Å². The number of benzene rings is 9. The lowest BCUT2D eigenvalue weighted by atomic mass is 9.67. The molecule has 0 radical (unpaired) electrons. The molecule has 0 saturated carbocycles. The topological polar surface area (TPSA) is 0 Å². The summed E-state index contributed by atoms with van der Waals surface area (Å²) in [4.78, 5) is 0. The van der Waals surface area contributed by atoms with Crippen molar-refractivity contribution in [1.29, 1.82) is 0 Å². The number of aryl methyl sites for hydroxylation is 1. The van der Waals surface area contributed by atoms with Crippen LogP contribution in [0.5, 0.6) is 0 Å². The van der Waals surface area contributed by atoms with Gasteiger partial charge < -0.3 is 0 Å². The van der Waals surface area contributed by atoms with Crippen LogP contribution >= 0.6 is 0 Å². The van der Waals surface area contributed by atoms with Crippen LogP contribution in [0.25, 0.3) is 88.5 Å². The first-order chi connectivity index (χ1) is 29.7. The Morgan fingerprint density at radius 1 is 0.550 bits per heavy atom. The summed E-state index contributed by atoms with van der Waals surface area (Å²) in [7, 11) is 0. The molecular formula is C60H42.